The number of hydrogen-bond donors (Lipinski definition) is 3. The molecular weight excluding hydrogens is 863 g/mol. The van der Waals surface area contributed by atoms with Crippen LogP contribution in [0.2, 0.25) is 0 Å². The maximum atomic E-state index is 12.5. The van der Waals surface area contributed by atoms with Crippen molar-refractivity contribution in [2.45, 2.75) is 373 Å². The molecule has 3 N–H and O–H groups in total. The maximum absolute atomic E-state index is 12.5. The molecule has 0 aliphatic heterocycles. The SMILES string of the molecule is CCCCCCCCCCCCCCCCCCCCCCCCCCCC(O)C(CO)NC(=O)CCCCC/C=C\CCCCCCCCOC(=O)CCCCCCCCCCCCCCCCC. The molecule has 0 heterocycles. The fraction of sp³-hybridized carbons (Fsp3) is 0.938. The second kappa shape index (κ2) is 60.2. The minimum Gasteiger partial charge on any atom is -0.466 e. The predicted octanol–water partition coefficient (Wildman–Crippen LogP) is 20.0. The fourth-order valence-electron chi connectivity index (χ4n) is 10.2. The van der Waals surface area contributed by atoms with Gasteiger partial charge in [-0.1, -0.05) is 309 Å². The molecule has 0 aliphatic carbocycles. The Morgan fingerprint density at radius 3 is 1.03 bits per heavy atom. The molecule has 0 rings (SSSR count). The van der Waals surface area contributed by atoms with E-state index in [1.807, 2.05) is 0 Å². The summed E-state index contributed by atoms with van der Waals surface area (Å²) in [6.07, 6.45) is 72.3. The van der Waals surface area contributed by atoms with Crippen LogP contribution < -0.4 is 5.32 Å². The highest BCUT2D eigenvalue weighted by Gasteiger charge is 2.20. The Morgan fingerprint density at radius 2 is 0.671 bits per heavy atom. The number of rotatable bonds is 60. The fourth-order valence-corrected chi connectivity index (χ4v) is 10.2. The second-order valence-electron chi connectivity index (χ2n) is 22.1. The van der Waals surface area contributed by atoms with Crippen molar-refractivity contribution in [3.05, 3.63) is 12.2 Å². The molecule has 1 amide bonds. The molecule has 0 aromatic carbocycles. The summed E-state index contributed by atoms with van der Waals surface area (Å²) in [6.45, 7) is 4.95. The Kier molecular flexibility index (Phi) is 59.0. The van der Waals surface area contributed by atoms with E-state index < -0.39 is 12.1 Å². The summed E-state index contributed by atoms with van der Waals surface area (Å²) in [4.78, 5) is 24.6. The molecule has 0 saturated heterocycles. The number of allylic oxidation sites excluding steroid dienone is 2. The summed E-state index contributed by atoms with van der Waals surface area (Å²) in [7, 11) is 0. The first-order chi connectivity index (χ1) is 34.5. The molecule has 0 spiro atoms. The zero-order chi connectivity index (χ0) is 50.7. The van der Waals surface area contributed by atoms with Gasteiger partial charge in [0, 0.05) is 12.8 Å². The monoisotopic (exact) mass is 988 g/mol. The largest absolute Gasteiger partial charge is 0.466 e. The van der Waals surface area contributed by atoms with Crippen LogP contribution in [-0.2, 0) is 14.3 Å². The van der Waals surface area contributed by atoms with Crippen LogP contribution in [0.25, 0.3) is 0 Å². The second-order valence-corrected chi connectivity index (χ2v) is 22.1. The van der Waals surface area contributed by atoms with E-state index >= 15 is 0 Å². The quantitative estimate of drug-likeness (QED) is 0.0321. The van der Waals surface area contributed by atoms with Crippen LogP contribution in [0.15, 0.2) is 12.2 Å². The van der Waals surface area contributed by atoms with E-state index in [9.17, 15) is 19.8 Å². The van der Waals surface area contributed by atoms with Crippen molar-refractivity contribution >= 4 is 11.9 Å². The van der Waals surface area contributed by atoms with Crippen LogP contribution >= 0.6 is 0 Å². The summed E-state index contributed by atoms with van der Waals surface area (Å²) in [5.41, 5.74) is 0. The summed E-state index contributed by atoms with van der Waals surface area (Å²) in [5.74, 6) is -0.0684. The van der Waals surface area contributed by atoms with Crippen molar-refractivity contribution in [1.29, 1.82) is 0 Å². The standard InChI is InChI=1S/C64H125NO5/c1-3-5-7-9-11-13-15-17-19-20-21-22-23-24-25-26-27-28-30-32-36-40-44-48-52-56-62(67)61(60-66)65-63(68)57-53-49-45-41-37-33-31-35-39-43-47-51-55-59-70-64(69)58-54-50-46-42-38-34-29-18-16-14-12-10-8-6-4-2/h33,37,61-62,66-67H,3-32,34-36,38-60H2,1-2H3,(H,65,68)/b37-33-. The number of hydrogen-bond acceptors (Lipinski definition) is 5. The third kappa shape index (κ3) is 55.9. The van der Waals surface area contributed by atoms with Gasteiger partial charge in [-0.3, -0.25) is 9.59 Å². The topological polar surface area (TPSA) is 95.9 Å². The van der Waals surface area contributed by atoms with Gasteiger partial charge in [0.25, 0.3) is 0 Å². The molecule has 2 atom stereocenters. The Hall–Kier alpha value is -1.40. The van der Waals surface area contributed by atoms with Gasteiger partial charge in [-0.2, -0.15) is 0 Å². The number of carbonyl (C=O) groups excluding carboxylic acids is 2. The highest BCUT2D eigenvalue weighted by molar-refractivity contribution is 5.76. The van der Waals surface area contributed by atoms with E-state index in [4.69, 9.17) is 4.74 Å². The molecule has 70 heavy (non-hydrogen) atoms. The van der Waals surface area contributed by atoms with Crippen molar-refractivity contribution < 1.29 is 24.5 Å². The Labute approximate surface area is 438 Å². The highest BCUT2D eigenvalue weighted by Crippen LogP contribution is 2.18. The van der Waals surface area contributed by atoms with Crippen molar-refractivity contribution in [3.8, 4) is 0 Å². The lowest BCUT2D eigenvalue weighted by molar-refractivity contribution is -0.143. The molecule has 0 aromatic heterocycles. The Balaban J connectivity index is 3.46. The number of aliphatic hydroxyl groups excluding tert-OH is 2. The number of carbonyl (C=O) groups is 2. The third-order valence-corrected chi connectivity index (χ3v) is 15.1. The molecule has 6 nitrogen and oxygen atoms in total. The average molecular weight is 989 g/mol. The van der Waals surface area contributed by atoms with Gasteiger partial charge >= 0.3 is 5.97 Å². The zero-order valence-corrected chi connectivity index (χ0v) is 47.5. The first-order valence-corrected chi connectivity index (χ1v) is 31.9. The van der Waals surface area contributed by atoms with Crippen molar-refractivity contribution in [3.63, 3.8) is 0 Å². The van der Waals surface area contributed by atoms with E-state index in [0.29, 0.717) is 25.9 Å². The summed E-state index contributed by atoms with van der Waals surface area (Å²) in [5, 5.41) is 23.4. The lowest BCUT2D eigenvalue weighted by atomic mass is 10.0. The molecule has 0 bridgehead atoms. The number of nitrogens with one attached hydrogen (secondary N) is 1. The zero-order valence-electron chi connectivity index (χ0n) is 47.5. The van der Waals surface area contributed by atoms with Gasteiger partial charge in [0.1, 0.15) is 0 Å². The molecule has 0 fully saturated rings. The van der Waals surface area contributed by atoms with Crippen molar-refractivity contribution in [1.82, 2.24) is 5.32 Å². The highest BCUT2D eigenvalue weighted by atomic mass is 16.5. The number of amides is 1. The molecule has 0 aromatic rings. The van der Waals surface area contributed by atoms with E-state index in [2.05, 4.69) is 31.3 Å². The average Bonchev–Trinajstić information content (AvgIpc) is 3.36. The smallest absolute Gasteiger partial charge is 0.305 e. The van der Waals surface area contributed by atoms with E-state index in [1.165, 1.54) is 257 Å². The van der Waals surface area contributed by atoms with Gasteiger partial charge in [-0.25, -0.2) is 0 Å². The van der Waals surface area contributed by atoms with Gasteiger partial charge in [0.05, 0.1) is 25.4 Å². The van der Waals surface area contributed by atoms with Crippen LogP contribution in [-0.4, -0.2) is 47.4 Å². The van der Waals surface area contributed by atoms with Crippen LogP contribution in [0.1, 0.15) is 361 Å². The normalized spacial score (nSPS) is 12.6. The minimum atomic E-state index is -0.682. The molecular formula is C64H125NO5. The number of aliphatic hydroxyl groups is 2. The van der Waals surface area contributed by atoms with Crippen LogP contribution in [0.4, 0.5) is 0 Å². The molecule has 0 saturated carbocycles. The van der Waals surface area contributed by atoms with Crippen molar-refractivity contribution in [2.75, 3.05) is 13.2 Å². The first-order valence-electron chi connectivity index (χ1n) is 31.9. The molecule has 6 heteroatoms. The van der Waals surface area contributed by atoms with Gasteiger partial charge in [0.15, 0.2) is 0 Å². The van der Waals surface area contributed by atoms with Crippen LogP contribution in [0, 0.1) is 0 Å². The van der Waals surface area contributed by atoms with Crippen LogP contribution in [0.5, 0.6) is 0 Å². The minimum absolute atomic E-state index is 0.00829. The number of ether oxygens (including phenoxy) is 1. The third-order valence-electron chi connectivity index (χ3n) is 15.1. The molecule has 0 aliphatic rings. The summed E-state index contributed by atoms with van der Waals surface area (Å²) >= 11 is 0. The lowest BCUT2D eigenvalue weighted by Crippen LogP contribution is -2.45. The molecule has 416 valence electrons. The van der Waals surface area contributed by atoms with Gasteiger partial charge in [-0.05, 0) is 51.4 Å². The van der Waals surface area contributed by atoms with Gasteiger partial charge in [0.2, 0.25) is 5.91 Å². The predicted molar refractivity (Wildman–Crippen MR) is 306 cm³/mol. The van der Waals surface area contributed by atoms with Crippen LogP contribution in [0.3, 0.4) is 0 Å². The summed E-state index contributed by atoms with van der Waals surface area (Å²) < 4.78 is 5.47. The number of esters is 1. The molecule has 2 unspecified atom stereocenters. The first kappa shape index (κ1) is 68.6. The van der Waals surface area contributed by atoms with Gasteiger partial charge < -0.3 is 20.3 Å². The lowest BCUT2D eigenvalue weighted by Gasteiger charge is -2.22. The maximum Gasteiger partial charge on any atom is 0.305 e. The Morgan fingerprint density at radius 1 is 0.386 bits per heavy atom. The Bertz CT molecular complexity index is 1050. The van der Waals surface area contributed by atoms with E-state index in [1.54, 1.807) is 0 Å². The van der Waals surface area contributed by atoms with E-state index in [-0.39, 0.29) is 18.5 Å². The summed E-state index contributed by atoms with van der Waals surface area (Å²) in [6, 6.07) is -0.562. The van der Waals surface area contributed by atoms with Gasteiger partial charge in [-0.15, -0.1) is 0 Å². The number of unbranched alkanes of at least 4 members (excludes halogenated alkanes) is 47. The van der Waals surface area contributed by atoms with E-state index in [0.717, 1.165) is 70.6 Å². The molecule has 0 radical (unpaired) electrons. The van der Waals surface area contributed by atoms with Crippen molar-refractivity contribution in [2.24, 2.45) is 0 Å².